The topological polar surface area (TPSA) is 32.3 Å². The van der Waals surface area contributed by atoms with Crippen LogP contribution in [0, 0.1) is 19.8 Å². The number of hydrogen-bond acceptors (Lipinski definition) is 2. The number of halogens is 1. The minimum absolute atomic E-state index is 0. The molecule has 0 radical (unpaired) electrons. The molecule has 2 aliphatic rings. The lowest BCUT2D eigenvalue weighted by Crippen LogP contribution is -2.52. The Morgan fingerprint density at radius 2 is 1.95 bits per heavy atom. The third-order valence-electron chi connectivity index (χ3n) is 4.33. The van der Waals surface area contributed by atoms with Crippen molar-refractivity contribution in [3.63, 3.8) is 0 Å². The van der Waals surface area contributed by atoms with Crippen LogP contribution in [-0.4, -0.2) is 29.9 Å². The van der Waals surface area contributed by atoms with Crippen molar-refractivity contribution in [1.29, 1.82) is 0 Å². The number of carbonyl (C=O) groups is 1. The van der Waals surface area contributed by atoms with E-state index in [1.165, 1.54) is 29.5 Å². The molecule has 20 heavy (non-hydrogen) atoms. The van der Waals surface area contributed by atoms with Crippen molar-refractivity contribution in [2.75, 3.05) is 13.1 Å². The van der Waals surface area contributed by atoms with Gasteiger partial charge in [-0.15, -0.1) is 12.4 Å². The van der Waals surface area contributed by atoms with Gasteiger partial charge in [-0.3, -0.25) is 4.79 Å². The number of nitrogens with zero attached hydrogens (tertiary/aromatic N) is 1. The second-order valence-corrected chi connectivity index (χ2v) is 5.97. The first-order chi connectivity index (χ1) is 9.15. The van der Waals surface area contributed by atoms with Crippen LogP contribution in [0.2, 0.25) is 0 Å². The summed E-state index contributed by atoms with van der Waals surface area (Å²) in [6, 6.07) is 7.03. The Hall–Kier alpha value is -1.06. The minimum Gasteiger partial charge on any atom is -0.335 e. The van der Waals surface area contributed by atoms with Gasteiger partial charge in [-0.1, -0.05) is 18.2 Å². The first-order valence-corrected chi connectivity index (χ1v) is 7.22. The molecule has 3 rings (SSSR count). The Bertz CT molecular complexity index is 495. The van der Waals surface area contributed by atoms with Crippen LogP contribution >= 0.6 is 12.4 Å². The van der Waals surface area contributed by atoms with Crippen molar-refractivity contribution < 1.29 is 4.79 Å². The number of benzene rings is 1. The molecule has 1 saturated carbocycles. The quantitative estimate of drug-likeness (QED) is 0.925. The van der Waals surface area contributed by atoms with Crippen LogP contribution in [0.3, 0.4) is 0 Å². The van der Waals surface area contributed by atoms with Crippen molar-refractivity contribution in [2.45, 2.75) is 39.3 Å². The third kappa shape index (κ3) is 3.15. The van der Waals surface area contributed by atoms with Crippen molar-refractivity contribution in [2.24, 2.45) is 5.92 Å². The SMILES string of the molecule is Cc1ccc(CN(C(=O)C2CNC2)C2CC2)cc1C.Cl. The summed E-state index contributed by atoms with van der Waals surface area (Å²) < 4.78 is 0. The number of carbonyl (C=O) groups excluding carboxylic acids is 1. The Morgan fingerprint density at radius 1 is 1.25 bits per heavy atom. The van der Waals surface area contributed by atoms with Crippen molar-refractivity contribution in [3.05, 3.63) is 34.9 Å². The highest BCUT2D eigenvalue weighted by atomic mass is 35.5. The van der Waals surface area contributed by atoms with Gasteiger partial charge in [-0.25, -0.2) is 0 Å². The molecule has 0 atom stereocenters. The number of hydrogen-bond donors (Lipinski definition) is 1. The van der Waals surface area contributed by atoms with Crippen LogP contribution in [0.25, 0.3) is 0 Å². The first-order valence-electron chi connectivity index (χ1n) is 7.22. The smallest absolute Gasteiger partial charge is 0.228 e. The van der Waals surface area contributed by atoms with Crippen LogP contribution in [0.15, 0.2) is 18.2 Å². The molecule has 1 aliphatic heterocycles. The molecule has 1 N–H and O–H groups in total. The molecule has 1 saturated heterocycles. The number of rotatable bonds is 4. The lowest BCUT2D eigenvalue weighted by atomic mass is 10.0. The maximum absolute atomic E-state index is 12.4. The zero-order chi connectivity index (χ0) is 13.4. The standard InChI is InChI=1S/C16H22N2O.ClH/c1-11-3-4-13(7-12(11)2)10-18(15-5-6-15)16(19)14-8-17-9-14;/h3-4,7,14-15,17H,5-6,8-10H2,1-2H3;1H. The van der Waals surface area contributed by atoms with E-state index in [0.29, 0.717) is 11.9 Å². The van der Waals surface area contributed by atoms with Gasteiger partial charge in [0, 0.05) is 25.7 Å². The fourth-order valence-electron chi connectivity index (χ4n) is 2.57. The largest absolute Gasteiger partial charge is 0.335 e. The normalized spacial score (nSPS) is 18.1. The van der Waals surface area contributed by atoms with E-state index in [9.17, 15) is 4.79 Å². The van der Waals surface area contributed by atoms with Crippen LogP contribution < -0.4 is 5.32 Å². The van der Waals surface area contributed by atoms with Crippen molar-refractivity contribution in [1.82, 2.24) is 10.2 Å². The molecule has 0 bridgehead atoms. The fourth-order valence-corrected chi connectivity index (χ4v) is 2.57. The van der Waals surface area contributed by atoms with Gasteiger partial charge in [0.2, 0.25) is 5.91 Å². The van der Waals surface area contributed by atoms with E-state index in [1.807, 2.05) is 0 Å². The fraction of sp³-hybridized carbons (Fsp3) is 0.562. The molecule has 1 aromatic carbocycles. The second kappa shape index (κ2) is 6.15. The minimum atomic E-state index is 0. The van der Waals surface area contributed by atoms with Crippen molar-refractivity contribution in [3.8, 4) is 0 Å². The molecule has 0 spiro atoms. The summed E-state index contributed by atoms with van der Waals surface area (Å²) in [6.07, 6.45) is 2.35. The van der Waals surface area contributed by atoms with Crippen molar-refractivity contribution >= 4 is 18.3 Å². The van der Waals surface area contributed by atoms with Crippen LogP contribution in [0.4, 0.5) is 0 Å². The first kappa shape index (κ1) is 15.3. The van der Waals surface area contributed by atoms with Gasteiger partial charge >= 0.3 is 0 Å². The molecule has 1 amide bonds. The Labute approximate surface area is 127 Å². The van der Waals surface area contributed by atoms with E-state index in [2.05, 4.69) is 42.3 Å². The van der Waals surface area contributed by atoms with E-state index >= 15 is 0 Å². The highest BCUT2D eigenvalue weighted by Gasteiger charge is 2.37. The summed E-state index contributed by atoms with van der Waals surface area (Å²) in [6.45, 7) is 6.76. The third-order valence-corrected chi connectivity index (χ3v) is 4.33. The zero-order valence-electron chi connectivity index (χ0n) is 12.2. The summed E-state index contributed by atoms with van der Waals surface area (Å²) in [5.41, 5.74) is 3.89. The highest BCUT2D eigenvalue weighted by molar-refractivity contribution is 5.85. The molecule has 0 aromatic heterocycles. The molecular formula is C16H23ClN2O. The van der Waals surface area contributed by atoms with Gasteiger partial charge in [-0.2, -0.15) is 0 Å². The lowest BCUT2D eigenvalue weighted by molar-refractivity contribution is -0.138. The molecule has 3 nitrogen and oxygen atoms in total. The number of aryl methyl sites for hydroxylation is 2. The monoisotopic (exact) mass is 294 g/mol. The summed E-state index contributed by atoms with van der Waals surface area (Å²) in [4.78, 5) is 14.6. The van der Waals surface area contributed by atoms with Gasteiger partial charge in [0.15, 0.2) is 0 Å². The van der Waals surface area contributed by atoms with Gasteiger partial charge in [0.25, 0.3) is 0 Å². The molecule has 110 valence electrons. The van der Waals surface area contributed by atoms with E-state index in [0.717, 1.165) is 19.6 Å². The predicted molar refractivity (Wildman–Crippen MR) is 83.1 cm³/mol. The van der Waals surface area contributed by atoms with E-state index in [4.69, 9.17) is 0 Å². The maximum atomic E-state index is 12.4. The average Bonchev–Trinajstić information content (AvgIpc) is 3.12. The van der Waals surface area contributed by atoms with E-state index in [-0.39, 0.29) is 18.3 Å². The summed E-state index contributed by atoms with van der Waals surface area (Å²) in [5.74, 6) is 0.562. The molecular weight excluding hydrogens is 272 g/mol. The summed E-state index contributed by atoms with van der Waals surface area (Å²) >= 11 is 0. The number of amides is 1. The van der Waals surface area contributed by atoms with E-state index in [1.54, 1.807) is 0 Å². The summed E-state index contributed by atoms with van der Waals surface area (Å²) in [5, 5.41) is 3.19. The zero-order valence-corrected chi connectivity index (χ0v) is 13.0. The molecule has 1 aromatic rings. The molecule has 2 fully saturated rings. The predicted octanol–water partition coefficient (Wildman–Crippen LogP) is 2.44. The molecule has 1 aliphatic carbocycles. The van der Waals surface area contributed by atoms with Gasteiger partial charge in [0.1, 0.15) is 0 Å². The molecule has 0 unspecified atom stereocenters. The lowest BCUT2D eigenvalue weighted by Gasteiger charge is -2.32. The molecule has 4 heteroatoms. The summed E-state index contributed by atoms with van der Waals surface area (Å²) in [7, 11) is 0. The average molecular weight is 295 g/mol. The van der Waals surface area contributed by atoms with Gasteiger partial charge in [0.05, 0.1) is 5.92 Å². The Kier molecular flexibility index (Phi) is 4.71. The Balaban J connectivity index is 0.00000147. The van der Waals surface area contributed by atoms with Crippen LogP contribution in [-0.2, 0) is 11.3 Å². The van der Waals surface area contributed by atoms with Gasteiger partial charge < -0.3 is 10.2 Å². The van der Waals surface area contributed by atoms with E-state index < -0.39 is 0 Å². The second-order valence-electron chi connectivity index (χ2n) is 5.97. The molecule has 1 heterocycles. The van der Waals surface area contributed by atoms with Crippen LogP contribution in [0.1, 0.15) is 29.5 Å². The van der Waals surface area contributed by atoms with Gasteiger partial charge in [-0.05, 0) is 43.4 Å². The maximum Gasteiger partial charge on any atom is 0.228 e. The number of nitrogens with one attached hydrogen (secondary N) is 1. The highest BCUT2D eigenvalue weighted by Crippen LogP contribution is 2.30. The van der Waals surface area contributed by atoms with Crippen LogP contribution in [0.5, 0.6) is 0 Å². The Morgan fingerprint density at radius 3 is 2.45 bits per heavy atom.